The van der Waals surface area contributed by atoms with Gasteiger partial charge in [-0.15, -0.1) is 0 Å². The van der Waals surface area contributed by atoms with E-state index in [1.165, 1.54) is 12.1 Å². The molecular weight excluding hydrogens is 573 g/mol. The summed E-state index contributed by atoms with van der Waals surface area (Å²) in [5.74, 6) is -1.40. The first kappa shape index (κ1) is 31.3. The largest absolute Gasteiger partial charge is 0.348 e. The van der Waals surface area contributed by atoms with Gasteiger partial charge in [0, 0.05) is 29.2 Å². The molecule has 1 fully saturated rings. The Bertz CT molecular complexity index is 1770. The average Bonchev–Trinajstić information content (AvgIpc) is 3.48. The van der Waals surface area contributed by atoms with Crippen LogP contribution in [0.5, 0.6) is 0 Å². The molecule has 45 heavy (non-hydrogen) atoms. The van der Waals surface area contributed by atoms with Gasteiger partial charge in [0.05, 0.1) is 24.3 Å². The smallest absolute Gasteiger partial charge is 0.267 e. The molecule has 0 radical (unpaired) electrons. The molecule has 2 heterocycles. The van der Waals surface area contributed by atoms with Crippen LogP contribution in [-0.4, -0.2) is 51.4 Å². The van der Waals surface area contributed by atoms with Crippen LogP contribution in [0.15, 0.2) is 83.7 Å². The molecule has 4 aromatic rings. The minimum atomic E-state index is -0.418. The number of nitrogens with one attached hydrogen (secondary N) is 3. The minimum Gasteiger partial charge on any atom is -0.348 e. The Morgan fingerprint density at radius 2 is 1.71 bits per heavy atom. The zero-order valence-electron chi connectivity index (χ0n) is 25.5. The molecule has 3 atom stereocenters. The van der Waals surface area contributed by atoms with Gasteiger partial charge in [-0.25, -0.2) is 9.49 Å². The molecule has 9 nitrogen and oxygen atoms in total. The maximum atomic E-state index is 14.2. The van der Waals surface area contributed by atoms with Crippen molar-refractivity contribution in [3.63, 3.8) is 0 Å². The van der Waals surface area contributed by atoms with E-state index >= 15 is 0 Å². The quantitative estimate of drug-likeness (QED) is 0.260. The third-order valence-electron chi connectivity index (χ3n) is 8.32. The van der Waals surface area contributed by atoms with Crippen molar-refractivity contribution in [1.82, 2.24) is 25.7 Å². The molecule has 0 spiro atoms. The van der Waals surface area contributed by atoms with Gasteiger partial charge in [0.15, 0.2) is 0 Å². The number of hydrogen-bond donors (Lipinski definition) is 3. The van der Waals surface area contributed by atoms with Gasteiger partial charge in [-0.3, -0.25) is 19.2 Å². The Morgan fingerprint density at radius 3 is 2.44 bits per heavy atom. The Balaban J connectivity index is 1.29. The first-order chi connectivity index (χ1) is 21.6. The van der Waals surface area contributed by atoms with Crippen molar-refractivity contribution in [3.05, 3.63) is 134 Å². The highest BCUT2D eigenvalue weighted by Crippen LogP contribution is 2.37. The number of rotatable bonds is 9. The van der Waals surface area contributed by atoms with Gasteiger partial charge in [-0.05, 0) is 92.8 Å². The molecular formula is C35H36FN5O4. The molecule has 3 aromatic carbocycles. The third kappa shape index (κ3) is 7.34. The summed E-state index contributed by atoms with van der Waals surface area (Å²) < 4.78 is 14.2. The first-order valence-corrected chi connectivity index (χ1v) is 15.0. The number of H-pyrrole nitrogens is 1. The fourth-order valence-corrected chi connectivity index (χ4v) is 5.99. The van der Waals surface area contributed by atoms with Crippen LogP contribution in [0, 0.1) is 19.7 Å². The van der Waals surface area contributed by atoms with Gasteiger partial charge in [-0.1, -0.05) is 36.4 Å². The van der Waals surface area contributed by atoms with Gasteiger partial charge < -0.3 is 15.5 Å². The van der Waals surface area contributed by atoms with Gasteiger partial charge in [0.25, 0.3) is 17.4 Å². The van der Waals surface area contributed by atoms with E-state index in [0.717, 1.165) is 11.1 Å². The van der Waals surface area contributed by atoms with E-state index in [1.54, 1.807) is 72.5 Å². The number of carbonyl (C=O) groups excluding carboxylic acids is 3. The second-order valence-electron chi connectivity index (χ2n) is 11.5. The second kappa shape index (κ2) is 13.7. The number of aryl methyl sites for hydroxylation is 2. The third-order valence-corrected chi connectivity index (χ3v) is 8.32. The van der Waals surface area contributed by atoms with Crippen LogP contribution in [0.1, 0.15) is 74.5 Å². The number of nitrogens with zero attached hydrogens (tertiary/aromatic N) is 2. The lowest BCUT2D eigenvalue weighted by Gasteiger charge is -2.34. The topological polar surface area (TPSA) is 124 Å². The van der Waals surface area contributed by atoms with Crippen molar-refractivity contribution < 1.29 is 18.8 Å². The lowest BCUT2D eigenvalue weighted by Crippen LogP contribution is -2.52. The standard InChI is InChI=1S/C35H36FN5O4/c1-21-16-27(13-12-25(21)18-28-17-22(2)39-40-35(28)45)33(43)37-20-32(42)41-30(14-15-31(41)26-10-7-11-29(36)19-26)23(3)38-34(44)24-8-5-4-6-9-24/h4-13,16-17,19,23,30-31H,14-15,18,20H2,1-3H3,(H,37,43)(H,38,44)(H,40,45)/t23-,30?,31-/m0/s1. The fourth-order valence-electron chi connectivity index (χ4n) is 5.99. The summed E-state index contributed by atoms with van der Waals surface area (Å²) in [6.07, 6.45) is 1.57. The van der Waals surface area contributed by atoms with Crippen LogP contribution in [0.4, 0.5) is 4.39 Å². The van der Waals surface area contributed by atoms with Gasteiger partial charge in [-0.2, -0.15) is 5.10 Å². The van der Waals surface area contributed by atoms with Crippen LogP contribution in [0.2, 0.25) is 0 Å². The fraction of sp³-hybridized carbons (Fsp3) is 0.286. The number of carbonyl (C=O) groups is 3. The summed E-state index contributed by atoms with van der Waals surface area (Å²) in [4.78, 5) is 53.7. The molecule has 1 aromatic heterocycles. The average molecular weight is 610 g/mol. The van der Waals surface area contributed by atoms with Crippen LogP contribution in [-0.2, 0) is 11.2 Å². The highest BCUT2D eigenvalue weighted by Gasteiger charge is 2.40. The van der Waals surface area contributed by atoms with E-state index in [2.05, 4.69) is 20.8 Å². The molecule has 1 unspecified atom stereocenters. The van der Waals surface area contributed by atoms with Crippen LogP contribution >= 0.6 is 0 Å². The molecule has 5 rings (SSSR count). The summed E-state index contributed by atoms with van der Waals surface area (Å²) in [5, 5.41) is 12.2. The second-order valence-corrected chi connectivity index (χ2v) is 11.5. The van der Waals surface area contributed by atoms with Crippen molar-refractivity contribution in [1.29, 1.82) is 0 Å². The summed E-state index contributed by atoms with van der Waals surface area (Å²) in [6, 6.07) is 20.8. The highest BCUT2D eigenvalue weighted by molar-refractivity contribution is 5.97. The SMILES string of the molecule is Cc1cc(Cc2ccc(C(=O)NCC(=O)N3C([C@H](C)NC(=O)c4ccccc4)CC[C@H]3c3cccc(F)c3)cc2C)c(=O)[nH]n1. The molecule has 0 saturated carbocycles. The van der Waals surface area contributed by atoms with Gasteiger partial charge in [0.2, 0.25) is 5.91 Å². The Kier molecular flexibility index (Phi) is 9.51. The molecule has 0 bridgehead atoms. The van der Waals surface area contributed by atoms with Crippen LogP contribution in [0.3, 0.4) is 0 Å². The maximum Gasteiger partial charge on any atom is 0.267 e. The monoisotopic (exact) mass is 609 g/mol. The minimum absolute atomic E-state index is 0.250. The molecule has 3 amide bonds. The van der Waals surface area contributed by atoms with E-state index in [0.29, 0.717) is 47.2 Å². The molecule has 232 valence electrons. The van der Waals surface area contributed by atoms with E-state index in [4.69, 9.17) is 0 Å². The van der Waals surface area contributed by atoms with Crippen LogP contribution in [0.25, 0.3) is 0 Å². The Hall–Kier alpha value is -5.12. The number of aromatic amines is 1. The van der Waals surface area contributed by atoms with Crippen molar-refractivity contribution >= 4 is 17.7 Å². The van der Waals surface area contributed by atoms with E-state index in [1.807, 2.05) is 19.9 Å². The first-order valence-electron chi connectivity index (χ1n) is 15.0. The van der Waals surface area contributed by atoms with Crippen molar-refractivity contribution in [3.8, 4) is 0 Å². The summed E-state index contributed by atoms with van der Waals surface area (Å²) in [6.45, 7) is 5.24. The molecule has 1 aliphatic rings. The van der Waals surface area contributed by atoms with Crippen molar-refractivity contribution in [2.24, 2.45) is 0 Å². The number of halogens is 1. The summed E-state index contributed by atoms with van der Waals surface area (Å²) in [7, 11) is 0. The molecule has 1 saturated heterocycles. The number of likely N-dealkylation sites (tertiary alicyclic amines) is 1. The van der Waals surface area contributed by atoms with E-state index < -0.39 is 23.8 Å². The van der Waals surface area contributed by atoms with Crippen molar-refractivity contribution in [2.45, 2.75) is 58.2 Å². The van der Waals surface area contributed by atoms with Crippen molar-refractivity contribution in [2.75, 3.05) is 6.54 Å². The van der Waals surface area contributed by atoms with E-state index in [9.17, 15) is 23.6 Å². The lowest BCUT2D eigenvalue weighted by molar-refractivity contribution is -0.133. The predicted molar refractivity (Wildman–Crippen MR) is 168 cm³/mol. The predicted octanol–water partition coefficient (Wildman–Crippen LogP) is 4.40. The lowest BCUT2D eigenvalue weighted by atomic mass is 9.99. The zero-order chi connectivity index (χ0) is 32.1. The van der Waals surface area contributed by atoms with E-state index in [-0.39, 0.29) is 30.0 Å². The molecule has 10 heteroatoms. The number of hydrogen-bond acceptors (Lipinski definition) is 5. The van der Waals surface area contributed by atoms with Gasteiger partial charge >= 0.3 is 0 Å². The summed E-state index contributed by atoms with van der Waals surface area (Å²) >= 11 is 0. The maximum absolute atomic E-state index is 14.2. The number of benzene rings is 3. The molecule has 0 aliphatic carbocycles. The van der Waals surface area contributed by atoms with Gasteiger partial charge in [0.1, 0.15) is 5.82 Å². The molecule has 1 aliphatic heterocycles. The number of amides is 3. The number of aromatic nitrogens is 2. The Morgan fingerprint density at radius 1 is 0.933 bits per heavy atom. The summed E-state index contributed by atoms with van der Waals surface area (Å²) in [5.41, 5.74) is 4.30. The zero-order valence-corrected chi connectivity index (χ0v) is 25.5. The highest BCUT2D eigenvalue weighted by atomic mass is 19.1. The molecule has 3 N–H and O–H groups in total. The Labute approximate surface area is 260 Å². The normalized spacial score (nSPS) is 16.7. The van der Waals surface area contributed by atoms with Crippen LogP contribution < -0.4 is 16.2 Å².